The van der Waals surface area contributed by atoms with Gasteiger partial charge >= 0.3 is 0 Å². The summed E-state index contributed by atoms with van der Waals surface area (Å²) >= 11 is 0. The number of carbonyl (C=O) groups excluding carboxylic acids is 1. The molecule has 90 valence electrons. The highest BCUT2D eigenvalue weighted by atomic mass is 16.3. The maximum Gasteiger partial charge on any atom is 0.232 e. The van der Waals surface area contributed by atoms with Gasteiger partial charge in [0.1, 0.15) is 11.8 Å². The van der Waals surface area contributed by atoms with Crippen LogP contribution in [-0.2, 0) is 10.2 Å². The van der Waals surface area contributed by atoms with Crippen molar-refractivity contribution in [3.63, 3.8) is 0 Å². The molecular formula is C13H16N2O2. The fourth-order valence-corrected chi connectivity index (χ4v) is 1.81. The zero-order chi connectivity index (χ0) is 13.2. The van der Waals surface area contributed by atoms with E-state index in [1.165, 1.54) is 11.0 Å². The van der Waals surface area contributed by atoms with Crippen molar-refractivity contribution in [1.82, 2.24) is 4.90 Å². The van der Waals surface area contributed by atoms with E-state index in [-0.39, 0.29) is 17.2 Å². The van der Waals surface area contributed by atoms with Gasteiger partial charge in [-0.2, -0.15) is 5.26 Å². The Morgan fingerprint density at radius 1 is 1.41 bits per heavy atom. The number of benzene rings is 1. The Hall–Kier alpha value is -2.02. The molecule has 1 rings (SSSR count). The SMILES string of the molecule is CN(C)C(=O)C(C)(C)c1cccc(C#N)c1O. The second-order valence-electron chi connectivity index (χ2n) is 4.64. The molecule has 0 aromatic heterocycles. The number of carbonyl (C=O) groups is 1. The Morgan fingerprint density at radius 3 is 2.47 bits per heavy atom. The second kappa shape index (κ2) is 4.46. The van der Waals surface area contributed by atoms with E-state index in [1.807, 2.05) is 6.07 Å². The molecule has 4 nitrogen and oxygen atoms in total. The third-order valence-electron chi connectivity index (χ3n) is 2.77. The number of phenols is 1. The Balaban J connectivity index is 3.35. The van der Waals surface area contributed by atoms with Crippen molar-refractivity contribution in [3.05, 3.63) is 29.3 Å². The first-order valence-electron chi connectivity index (χ1n) is 5.26. The predicted octanol–water partition coefficient (Wildman–Crippen LogP) is 1.63. The molecule has 0 unspecified atom stereocenters. The molecule has 0 spiro atoms. The summed E-state index contributed by atoms with van der Waals surface area (Å²) in [7, 11) is 3.32. The molecule has 0 saturated carbocycles. The largest absolute Gasteiger partial charge is 0.506 e. The first kappa shape index (κ1) is 13.0. The van der Waals surface area contributed by atoms with E-state index in [0.717, 1.165) is 0 Å². The lowest BCUT2D eigenvalue weighted by molar-refractivity contribution is -0.133. The summed E-state index contributed by atoms with van der Waals surface area (Å²) in [6.07, 6.45) is 0. The van der Waals surface area contributed by atoms with Crippen molar-refractivity contribution in [1.29, 1.82) is 5.26 Å². The molecule has 1 amide bonds. The summed E-state index contributed by atoms with van der Waals surface area (Å²) in [6.45, 7) is 3.46. The van der Waals surface area contributed by atoms with Crippen molar-refractivity contribution in [2.45, 2.75) is 19.3 Å². The monoisotopic (exact) mass is 232 g/mol. The number of amides is 1. The molecule has 0 saturated heterocycles. The summed E-state index contributed by atoms with van der Waals surface area (Å²) in [5, 5.41) is 18.8. The van der Waals surface area contributed by atoms with Crippen LogP contribution >= 0.6 is 0 Å². The number of nitrogens with zero attached hydrogens (tertiary/aromatic N) is 2. The summed E-state index contributed by atoms with van der Waals surface area (Å²) in [6, 6.07) is 6.75. The lowest BCUT2D eigenvalue weighted by Gasteiger charge is -2.28. The minimum atomic E-state index is -0.861. The number of para-hydroxylation sites is 1. The topological polar surface area (TPSA) is 64.3 Å². The van der Waals surface area contributed by atoms with Crippen LogP contribution < -0.4 is 0 Å². The molecule has 0 bridgehead atoms. The van der Waals surface area contributed by atoms with Gasteiger partial charge in [-0.1, -0.05) is 12.1 Å². The lowest BCUT2D eigenvalue weighted by atomic mass is 9.82. The van der Waals surface area contributed by atoms with Crippen molar-refractivity contribution >= 4 is 5.91 Å². The summed E-state index contributed by atoms with van der Waals surface area (Å²) in [5.41, 5.74) is -0.210. The summed E-state index contributed by atoms with van der Waals surface area (Å²) < 4.78 is 0. The number of rotatable bonds is 2. The second-order valence-corrected chi connectivity index (χ2v) is 4.64. The summed E-state index contributed by atoms with van der Waals surface area (Å²) in [5.74, 6) is -0.238. The first-order chi connectivity index (χ1) is 7.82. The smallest absolute Gasteiger partial charge is 0.232 e. The van der Waals surface area contributed by atoms with Crippen LogP contribution in [0.5, 0.6) is 5.75 Å². The minimum absolute atomic E-state index is 0.116. The van der Waals surface area contributed by atoms with Gasteiger partial charge in [0.05, 0.1) is 11.0 Å². The molecule has 0 aliphatic heterocycles. The van der Waals surface area contributed by atoms with Crippen LogP contribution in [0.1, 0.15) is 25.0 Å². The van der Waals surface area contributed by atoms with Crippen molar-refractivity contribution in [2.75, 3.05) is 14.1 Å². The van der Waals surface area contributed by atoms with E-state index in [4.69, 9.17) is 5.26 Å². The van der Waals surface area contributed by atoms with E-state index >= 15 is 0 Å². The number of aromatic hydroxyl groups is 1. The van der Waals surface area contributed by atoms with E-state index in [2.05, 4.69) is 0 Å². The lowest BCUT2D eigenvalue weighted by Crippen LogP contribution is -2.39. The van der Waals surface area contributed by atoms with Crippen LogP contribution in [0.3, 0.4) is 0 Å². The van der Waals surface area contributed by atoms with E-state index in [9.17, 15) is 9.90 Å². The maximum absolute atomic E-state index is 12.0. The third-order valence-corrected chi connectivity index (χ3v) is 2.77. The number of hydrogen-bond acceptors (Lipinski definition) is 3. The van der Waals surface area contributed by atoms with Crippen LogP contribution in [0.25, 0.3) is 0 Å². The molecule has 0 radical (unpaired) electrons. The van der Waals surface area contributed by atoms with Crippen LogP contribution in [-0.4, -0.2) is 30.0 Å². The van der Waals surface area contributed by atoms with Gasteiger partial charge in [-0.15, -0.1) is 0 Å². The molecule has 0 aliphatic rings. The van der Waals surface area contributed by atoms with Gasteiger partial charge in [0.25, 0.3) is 0 Å². The van der Waals surface area contributed by atoms with Gasteiger partial charge in [0.2, 0.25) is 5.91 Å². The third kappa shape index (κ3) is 2.23. The highest BCUT2D eigenvalue weighted by Crippen LogP contribution is 2.34. The predicted molar refractivity (Wildman–Crippen MR) is 64.5 cm³/mol. The highest BCUT2D eigenvalue weighted by molar-refractivity contribution is 5.88. The highest BCUT2D eigenvalue weighted by Gasteiger charge is 2.34. The van der Waals surface area contributed by atoms with Gasteiger partial charge in [-0.25, -0.2) is 0 Å². The van der Waals surface area contributed by atoms with Gasteiger partial charge < -0.3 is 10.0 Å². The minimum Gasteiger partial charge on any atom is -0.506 e. The Morgan fingerprint density at radius 2 is 2.00 bits per heavy atom. The number of phenolic OH excluding ortho intramolecular Hbond substituents is 1. The quantitative estimate of drug-likeness (QED) is 0.842. The number of hydrogen-bond donors (Lipinski definition) is 1. The van der Waals surface area contributed by atoms with Crippen molar-refractivity contribution in [3.8, 4) is 11.8 Å². The zero-order valence-electron chi connectivity index (χ0n) is 10.5. The fraction of sp³-hybridized carbons (Fsp3) is 0.385. The standard InChI is InChI=1S/C13H16N2O2/c1-13(2,12(17)15(3)4)10-7-5-6-9(8-14)11(10)16/h5-7,16H,1-4H3. The number of likely N-dealkylation sites (N-methyl/N-ethyl adjacent to an activating group) is 1. The molecule has 0 atom stereocenters. The van der Waals surface area contributed by atoms with Crippen LogP contribution in [0.4, 0.5) is 0 Å². The Labute approximate surface area is 101 Å². The molecule has 4 heteroatoms. The van der Waals surface area contributed by atoms with E-state index in [1.54, 1.807) is 40.1 Å². The zero-order valence-corrected chi connectivity index (χ0v) is 10.5. The fourth-order valence-electron chi connectivity index (χ4n) is 1.81. The molecule has 0 heterocycles. The van der Waals surface area contributed by atoms with Crippen molar-refractivity contribution in [2.24, 2.45) is 0 Å². The van der Waals surface area contributed by atoms with Crippen molar-refractivity contribution < 1.29 is 9.90 Å². The molecular weight excluding hydrogens is 216 g/mol. The normalized spacial score (nSPS) is 10.8. The average molecular weight is 232 g/mol. The van der Waals surface area contributed by atoms with Gasteiger partial charge in [-0.05, 0) is 19.9 Å². The molecule has 1 N–H and O–H groups in total. The van der Waals surface area contributed by atoms with Gasteiger partial charge in [0, 0.05) is 19.7 Å². The van der Waals surface area contributed by atoms with Crippen LogP contribution in [0.15, 0.2) is 18.2 Å². The molecule has 0 aliphatic carbocycles. The van der Waals surface area contributed by atoms with E-state index < -0.39 is 5.41 Å². The first-order valence-corrected chi connectivity index (χ1v) is 5.26. The maximum atomic E-state index is 12.0. The molecule has 17 heavy (non-hydrogen) atoms. The van der Waals surface area contributed by atoms with Crippen LogP contribution in [0.2, 0.25) is 0 Å². The molecule has 1 aromatic rings. The van der Waals surface area contributed by atoms with Gasteiger partial charge in [-0.3, -0.25) is 4.79 Å². The average Bonchev–Trinajstić information content (AvgIpc) is 2.27. The van der Waals surface area contributed by atoms with Gasteiger partial charge in [0.15, 0.2) is 0 Å². The number of nitriles is 1. The molecule has 0 fully saturated rings. The molecule has 1 aromatic carbocycles. The summed E-state index contributed by atoms with van der Waals surface area (Å²) in [4.78, 5) is 13.5. The van der Waals surface area contributed by atoms with Crippen LogP contribution in [0, 0.1) is 11.3 Å². The Kier molecular flexibility index (Phi) is 3.42. The van der Waals surface area contributed by atoms with E-state index in [0.29, 0.717) is 5.56 Å². The Bertz CT molecular complexity index is 485.